The first-order valence-electron chi connectivity index (χ1n) is 9.58. The SMILES string of the molecule is CCCCCCCNCc1cc(Br)c(OCc2ccc(Cl)cc2)c(OC)c1. The summed E-state index contributed by atoms with van der Waals surface area (Å²) in [5, 5.41) is 4.23. The number of halogens is 2. The van der Waals surface area contributed by atoms with Gasteiger partial charge >= 0.3 is 0 Å². The van der Waals surface area contributed by atoms with E-state index in [0.29, 0.717) is 6.61 Å². The van der Waals surface area contributed by atoms with Gasteiger partial charge in [-0.05, 0) is 64.3 Å². The number of methoxy groups -OCH3 is 1. The zero-order chi connectivity index (χ0) is 19.5. The highest BCUT2D eigenvalue weighted by Gasteiger charge is 2.12. The summed E-state index contributed by atoms with van der Waals surface area (Å²) in [5.41, 5.74) is 2.23. The minimum Gasteiger partial charge on any atom is -0.493 e. The average Bonchev–Trinajstić information content (AvgIpc) is 2.67. The summed E-state index contributed by atoms with van der Waals surface area (Å²) in [7, 11) is 1.67. The van der Waals surface area contributed by atoms with Crippen LogP contribution >= 0.6 is 27.5 Å². The number of benzene rings is 2. The molecular weight excluding hydrogens is 426 g/mol. The fourth-order valence-corrected chi connectivity index (χ4v) is 3.57. The Labute approximate surface area is 176 Å². The molecule has 0 amide bonds. The first-order chi connectivity index (χ1) is 13.1. The molecule has 0 radical (unpaired) electrons. The molecule has 27 heavy (non-hydrogen) atoms. The Hall–Kier alpha value is -1.23. The fourth-order valence-electron chi connectivity index (χ4n) is 2.84. The molecule has 0 saturated heterocycles. The predicted molar refractivity (Wildman–Crippen MR) is 117 cm³/mol. The van der Waals surface area contributed by atoms with Crippen LogP contribution in [0.1, 0.15) is 50.2 Å². The lowest BCUT2D eigenvalue weighted by atomic mass is 10.1. The number of hydrogen-bond donors (Lipinski definition) is 1. The molecule has 0 unspecified atom stereocenters. The monoisotopic (exact) mass is 453 g/mol. The first-order valence-corrected chi connectivity index (χ1v) is 10.8. The van der Waals surface area contributed by atoms with Gasteiger partial charge in [-0.2, -0.15) is 0 Å². The van der Waals surface area contributed by atoms with Gasteiger partial charge in [-0.15, -0.1) is 0 Å². The number of nitrogens with one attached hydrogen (secondary N) is 1. The zero-order valence-corrected chi connectivity index (χ0v) is 18.5. The highest BCUT2D eigenvalue weighted by molar-refractivity contribution is 9.10. The van der Waals surface area contributed by atoms with Crippen molar-refractivity contribution in [3.05, 3.63) is 57.0 Å². The first kappa shape index (κ1) is 22.1. The molecule has 0 aliphatic heterocycles. The van der Waals surface area contributed by atoms with Crippen LogP contribution in [0.15, 0.2) is 40.9 Å². The third-order valence-electron chi connectivity index (χ3n) is 4.37. The van der Waals surface area contributed by atoms with E-state index in [1.165, 1.54) is 37.7 Å². The molecule has 0 fully saturated rings. The van der Waals surface area contributed by atoms with Gasteiger partial charge in [-0.25, -0.2) is 0 Å². The van der Waals surface area contributed by atoms with E-state index in [9.17, 15) is 0 Å². The summed E-state index contributed by atoms with van der Waals surface area (Å²) < 4.78 is 12.4. The maximum atomic E-state index is 5.98. The fraction of sp³-hybridized carbons (Fsp3) is 0.455. The average molecular weight is 455 g/mol. The molecule has 5 heteroatoms. The lowest BCUT2D eigenvalue weighted by Crippen LogP contribution is -2.14. The number of ether oxygens (including phenoxy) is 2. The van der Waals surface area contributed by atoms with Gasteiger partial charge in [0.15, 0.2) is 11.5 Å². The van der Waals surface area contributed by atoms with Crippen LogP contribution in [-0.4, -0.2) is 13.7 Å². The summed E-state index contributed by atoms with van der Waals surface area (Å²) in [6, 6.07) is 11.8. The maximum Gasteiger partial charge on any atom is 0.175 e. The molecule has 0 heterocycles. The predicted octanol–water partition coefficient (Wildman–Crippen LogP) is 6.75. The van der Waals surface area contributed by atoms with Crippen molar-refractivity contribution in [1.29, 1.82) is 0 Å². The summed E-state index contributed by atoms with van der Waals surface area (Å²) in [6.45, 7) is 4.56. The molecule has 0 aliphatic rings. The van der Waals surface area contributed by atoms with Gasteiger partial charge in [0.25, 0.3) is 0 Å². The standard InChI is InChI=1S/C22H29BrClNO2/c1-3-4-5-6-7-12-25-15-18-13-20(23)22(21(14-18)26-2)27-16-17-8-10-19(24)11-9-17/h8-11,13-14,25H,3-7,12,15-16H2,1-2H3. The van der Waals surface area contributed by atoms with Gasteiger partial charge in [0, 0.05) is 11.6 Å². The van der Waals surface area contributed by atoms with Gasteiger partial charge in [-0.3, -0.25) is 0 Å². The van der Waals surface area contributed by atoms with E-state index in [0.717, 1.165) is 39.6 Å². The van der Waals surface area contributed by atoms with E-state index in [1.54, 1.807) is 7.11 Å². The molecule has 2 aromatic rings. The van der Waals surface area contributed by atoms with E-state index in [4.69, 9.17) is 21.1 Å². The van der Waals surface area contributed by atoms with Crippen LogP contribution in [0.2, 0.25) is 5.02 Å². The van der Waals surface area contributed by atoms with E-state index in [2.05, 4.69) is 34.2 Å². The second-order valence-electron chi connectivity index (χ2n) is 6.62. The zero-order valence-electron chi connectivity index (χ0n) is 16.2. The van der Waals surface area contributed by atoms with Crippen LogP contribution in [0.5, 0.6) is 11.5 Å². The maximum absolute atomic E-state index is 5.98. The molecule has 0 atom stereocenters. The molecule has 0 saturated carbocycles. The Bertz CT molecular complexity index is 691. The molecule has 148 valence electrons. The Balaban J connectivity index is 1.88. The Kier molecular flexibility index (Phi) is 10.0. The topological polar surface area (TPSA) is 30.5 Å². The lowest BCUT2D eigenvalue weighted by molar-refractivity contribution is 0.282. The van der Waals surface area contributed by atoms with Crippen molar-refractivity contribution in [2.75, 3.05) is 13.7 Å². The van der Waals surface area contributed by atoms with Crippen LogP contribution in [0.4, 0.5) is 0 Å². The summed E-state index contributed by atoms with van der Waals surface area (Å²) in [5.74, 6) is 1.45. The second kappa shape index (κ2) is 12.3. The lowest BCUT2D eigenvalue weighted by Gasteiger charge is -2.15. The van der Waals surface area contributed by atoms with E-state index >= 15 is 0 Å². The molecule has 0 aromatic heterocycles. The van der Waals surface area contributed by atoms with Crippen LogP contribution < -0.4 is 14.8 Å². The largest absolute Gasteiger partial charge is 0.493 e. The van der Waals surface area contributed by atoms with Crippen molar-refractivity contribution in [2.45, 2.75) is 52.2 Å². The third kappa shape index (κ3) is 7.73. The quantitative estimate of drug-likeness (QED) is 0.360. The van der Waals surface area contributed by atoms with Gasteiger partial charge < -0.3 is 14.8 Å². The molecular formula is C22H29BrClNO2. The molecule has 2 rings (SSSR count). The van der Waals surface area contributed by atoms with Crippen LogP contribution in [-0.2, 0) is 13.2 Å². The molecule has 2 aromatic carbocycles. The molecule has 1 N–H and O–H groups in total. The van der Waals surface area contributed by atoms with E-state index in [-0.39, 0.29) is 0 Å². The van der Waals surface area contributed by atoms with Crippen molar-refractivity contribution in [3.63, 3.8) is 0 Å². The van der Waals surface area contributed by atoms with Crippen molar-refractivity contribution < 1.29 is 9.47 Å². The Morgan fingerprint density at radius 3 is 2.44 bits per heavy atom. The Morgan fingerprint density at radius 2 is 1.74 bits per heavy atom. The number of unbranched alkanes of at least 4 members (excludes halogenated alkanes) is 4. The molecule has 0 spiro atoms. The van der Waals surface area contributed by atoms with Crippen LogP contribution in [0.3, 0.4) is 0 Å². The minimum absolute atomic E-state index is 0.460. The normalized spacial score (nSPS) is 10.8. The van der Waals surface area contributed by atoms with Crippen molar-refractivity contribution in [1.82, 2.24) is 5.32 Å². The number of rotatable bonds is 12. The second-order valence-corrected chi connectivity index (χ2v) is 7.91. The van der Waals surface area contributed by atoms with Crippen LogP contribution in [0.25, 0.3) is 0 Å². The minimum atomic E-state index is 0.460. The van der Waals surface area contributed by atoms with E-state index in [1.807, 2.05) is 30.3 Å². The molecule has 0 aliphatic carbocycles. The third-order valence-corrected chi connectivity index (χ3v) is 5.21. The number of hydrogen-bond acceptors (Lipinski definition) is 3. The van der Waals surface area contributed by atoms with E-state index < -0.39 is 0 Å². The summed E-state index contributed by atoms with van der Waals surface area (Å²) >= 11 is 9.55. The van der Waals surface area contributed by atoms with Gasteiger partial charge in [0.1, 0.15) is 6.61 Å². The highest BCUT2D eigenvalue weighted by Crippen LogP contribution is 2.37. The van der Waals surface area contributed by atoms with Crippen molar-refractivity contribution >= 4 is 27.5 Å². The molecule has 3 nitrogen and oxygen atoms in total. The smallest absolute Gasteiger partial charge is 0.175 e. The summed E-state index contributed by atoms with van der Waals surface area (Å²) in [6.07, 6.45) is 6.47. The summed E-state index contributed by atoms with van der Waals surface area (Å²) in [4.78, 5) is 0. The van der Waals surface area contributed by atoms with Crippen LogP contribution in [0, 0.1) is 0 Å². The Morgan fingerprint density at radius 1 is 1.00 bits per heavy atom. The van der Waals surface area contributed by atoms with Gasteiger partial charge in [-0.1, -0.05) is 56.3 Å². The van der Waals surface area contributed by atoms with Crippen molar-refractivity contribution in [3.8, 4) is 11.5 Å². The van der Waals surface area contributed by atoms with Gasteiger partial charge in [0.05, 0.1) is 11.6 Å². The van der Waals surface area contributed by atoms with Gasteiger partial charge in [0.2, 0.25) is 0 Å². The molecule has 0 bridgehead atoms. The van der Waals surface area contributed by atoms with Crippen molar-refractivity contribution in [2.24, 2.45) is 0 Å². The highest BCUT2D eigenvalue weighted by atomic mass is 79.9.